The molecule has 0 bridgehead atoms. The zero-order valence-corrected chi connectivity index (χ0v) is 11.1. The molecule has 1 N–H and O–H groups in total. The molecule has 0 aliphatic carbocycles. The Morgan fingerprint density at radius 3 is 3.05 bits per heavy atom. The van der Waals surface area contributed by atoms with E-state index in [1.165, 1.54) is 11.3 Å². The Hall–Kier alpha value is -2.10. The fourth-order valence-electron chi connectivity index (χ4n) is 2.67. The maximum atomic E-state index is 4.21. The van der Waals surface area contributed by atoms with E-state index in [0.29, 0.717) is 6.04 Å². The molecular weight excluding hydrogens is 236 g/mol. The van der Waals surface area contributed by atoms with E-state index in [1.54, 1.807) is 18.6 Å². The standard InChI is InChI=1S/C15H18N4/c1-12-10-13-4-2-3-5-14(13)19(12)9-8-18-15-11-16-6-7-17-15/h2-7,11-12H,8-10H2,1H3,(H,17,18). The van der Waals surface area contributed by atoms with E-state index in [2.05, 4.69) is 51.4 Å². The number of para-hydroxylation sites is 1. The summed E-state index contributed by atoms with van der Waals surface area (Å²) in [5.74, 6) is 0.836. The van der Waals surface area contributed by atoms with Gasteiger partial charge in [-0.15, -0.1) is 0 Å². The lowest BCUT2D eigenvalue weighted by molar-refractivity contribution is 0.680. The summed E-state index contributed by atoms with van der Waals surface area (Å²) >= 11 is 0. The summed E-state index contributed by atoms with van der Waals surface area (Å²) in [7, 11) is 0. The van der Waals surface area contributed by atoms with Crippen molar-refractivity contribution >= 4 is 11.5 Å². The van der Waals surface area contributed by atoms with Gasteiger partial charge in [-0.1, -0.05) is 18.2 Å². The zero-order valence-electron chi connectivity index (χ0n) is 11.1. The summed E-state index contributed by atoms with van der Waals surface area (Å²) < 4.78 is 0. The zero-order chi connectivity index (χ0) is 13.1. The molecule has 1 aromatic carbocycles. The quantitative estimate of drug-likeness (QED) is 0.909. The van der Waals surface area contributed by atoms with E-state index in [0.717, 1.165) is 25.3 Å². The minimum Gasteiger partial charge on any atom is -0.367 e. The third kappa shape index (κ3) is 2.52. The van der Waals surface area contributed by atoms with Crippen LogP contribution >= 0.6 is 0 Å². The van der Waals surface area contributed by atoms with Gasteiger partial charge >= 0.3 is 0 Å². The second kappa shape index (κ2) is 5.26. The Kier molecular flexibility index (Phi) is 3.31. The normalized spacial score (nSPS) is 17.3. The smallest absolute Gasteiger partial charge is 0.144 e. The maximum Gasteiger partial charge on any atom is 0.144 e. The van der Waals surface area contributed by atoms with Crippen molar-refractivity contribution in [2.24, 2.45) is 0 Å². The monoisotopic (exact) mass is 254 g/mol. The molecule has 0 radical (unpaired) electrons. The Morgan fingerprint density at radius 1 is 1.32 bits per heavy atom. The highest BCUT2D eigenvalue weighted by Crippen LogP contribution is 2.31. The molecule has 4 nitrogen and oxygen atoms in total. The van der Waals surface area contributed by atoms with Crippen LogP contribution in [0.3, 0.4) is 0 Å². The van der Waals surface area contributed by atoms with E-state index in [1.807, 2.05) is 0 Å². The summed E-state index contributed by atoms with van der Waals surface area (Å²) in [5.41, 5.74) is 2.82. The Morgan fingerprint density at radius 2 is 2.21 bits per heavy atom. The van der Waals surface area contributed by atoms with E-state index in [9.17, 15) is 0 Å². The van der Waals surface area contributed by atoms with Gasteiger partial charge in [0.05, 0.1) is 6.20 Å². The second-order valence-electron chi connectivity index (χ2n) is 4.89. The third-order valence-corrected chi connectivity index (χ3v) is 3.57. The van der Waals surface area contributed by atoms with Crippen LogP contribution in [0.5, 0.6) is 0 Å². The molecule has 0 spiro atoms. The van der Waals surface area contributed by atoms with Crippen molar-refractivity contribution in [3.63, 3.8) is 0 Å². The maximum absolute atomic E-state index is 4.21. The van der Waals surface area contributed by atoms with E-state index >= 15 is 0 Å². The van der Waals surface area contributed by atoms with Crippen LogP contribution in [0.15, 0.2) is 42.9 Å². The van der Waals surface area contributed by atoms with Crippen LogP contribution in [-0.4, -0.2) is 29.1 Å². The van der Waals surface area contributed by atoms with E-state index < -0.39 is 0 Å². The largest absolute Gasteiger partial charge is 0.367 e. The fraction of sp³-hybridized carbons (Fsp3) is 0.333. The second-order valence-corrected chi connectivity index (χ2v) is 4.89. The molecule has 0 saturated heterocycles. The molecule has 0 amide bonds. The van der Waals surface area contributed by atoms with E-state index in [-0.39, 0.29) is 0 Å². The van der Waals surface area contributed by atoms with Crippen molar-refractivity contribution < 1.29 is 0 Å². The Bertz CT molecular complexity index is 541. The molecule has 1 unspecified atom stereocenters. The van der Waals surface area contributed by atoms with Gasteiger partial charge in [0.25, 0.3) is 0 Å². The number of hydrogen-bond acceptors (Lipinski definition) is 4. The summed E-state index contributed by atoms with van der Waals surface area (Å²) in [4.78, 5) is 10.7. The molecule has 0 saturated carbocycles. The Labute approximate surface area is 113 Å². The minimum absolute atomic E-state index is 0.570. The van der Waals surface area contributed by atoms with Crippen LogP contribution in [0.4, 0.5) is 11.5 Å². The van der Waals surface area contributed by atoms with Gasteiger partial charge in [0.2, 0.25) is 0 Å². The molecule has 3 rings (SSSR count). The summed E-state index contributed by atoms with van der Waals surface area (Å²) in [5, 5.41) is 3.31. The van der Waals surface area contributed by atoms with Crippen LogP contribution in [0.1, 0.15) is 12.5 Å². The molecule has 2 aromatic rings. The SMILES string of the molecule is CC1Cc2ccccc2N1CCNc1cnccn1. The summed E-state index contributed by atoms with van der Waals surface area (Å²) in [6.07, 6.45) is 6.28. The van der Waals surface area contributed by atoms with Gasteiger partial charge in [0.15, 0.2) is 0 Å². The molecule has 1 atom stereocenters. The molecule has 1 aromatic heterocycles. The lowest BCUT2D eigenvalue weighted by Gasteiger charge is -2.25. The van der Waals surface area contributed by atoms with Gasteiger partial charge in [-0.05, 0) is 25.0 Å². The number of nitrogens with zero attached hydrogens (tertiary/aromatic N) is 3. The highest BCUT2D eigenvalue weighted by Gasteiger charge is 2.24. The molecule has 1 aliphatic heterocycles. The predicted molar refractivity (Wildman–Crippen MR) is 77.5 cm³/mol. The predicted octanol–water partition coefficient (Wildman–Crippen LogP) is 2.34. The number of nitrogens with one attached hydrogen (secondary N) is 1. The van der Waals surface area contributed by atoms with Crippen LogP contribution in [0.25, 0.3) is 0 Å². The molecule has 98 valence electrons. The van der Waals surface area contributed by atoms with Crippen LogP contribution in [0, 0.1) is 0 Å². The van der Waals surface area contributed by atoms with Crippen molar-refractivity contribution in [3.05, 3.63) is 48.4 Å². The average molecular weight is 254 g/mol. The first kappa shape index (κ1) is 12.0. The number of benzene rings is 1. The number of rotatable bonds is 4. The highest BCUT2D eigenvalue weighted by molar-refractivity contribution is 5.59. The van der Waals surface area contributed by atoms with Gasteiger partial charge in [0, 0.05) is 37.2 Å². The van der Waals surface area contributed by atoms with Gasteiger partial charge in [-0.3, -0.25) is 4.98 Å². The van der Waals surface area contributed by atoms with E-state index in [4.69, 9.17) is 0 Å². The summed E-state index contributed by atoms with van der Waals surface area (Å²) in [6.45, 7) is 4.13. The first-order chi connectivity index (χ1) is 9.34. The van der Waals surface area contributed by atoms with Gasteiger partial charge < -0.3 is 10.2 Å². The number of hydrogen-bond donors (Lipinski definition) is 1. The lowest BCUT2D eigenvalue weighted by Crippen LogP contribution is -2.33. The minimum atomic E-state index is 0.570. The Balaban J connectivity index is 1.61. The van der Waals surface area contributed by atoms with Gasteiger partial charge in [-0.2, -0.15) is 0 Å². The average Bonchev–Trinajstić information content (AvgIpc) is 2.76. The fourth-order valence-corrected chi connectivity index (χ4v) is 2.67. The van der Waals surface area contributed by atoms with Crippen LogP contribution in [-0.2, 0) is 6.42 Å². The van der Waals surface area contributed by atoms with Crippen molar-refractivity contribution in [1.29, 1.82) is 0 Å². The number of anilines is 2. The number of fused-ring (bicyclic) bond motifs is 1. The topological polar surface area (TPSA) is 41.0 Å². The van der Waals surface area contributed by atoms with Gasteiger partial charge in [-0.25, -0.2) is 4.98 Å². The van der Waals surface area contributed by atoms with Crippen molar-refractivity contribution in [3.8, 4) is 0 Å². The molecule has 4 heteroatoms. The van der Waals surface area contributed by atoms with Crippen LogP contribution in [0.2, 0.25) is 0 Å². The van der Waals surface area contributed by atoms with Crippen LogP contribution < -0.4 is 10.2 Å². The summed E-state index contributed by atoms with van der Waals surface area (Å²) in [6, 6.07) is 9.23. The third-order valence-electron chi connectivity index (χ3n) is 3.57. The lowest BCUT2D eigenvalue weighted by atomic mass is 10.1. The van der Waals surface area contributed by atoms with Crippen molar-refractivity contribution in [1.82, 2.24) is 9.97 Å². The molecule has 19 heavy (non-hydrogen) atoms. The van der Waals surface area contributed by atoms with Crippen molar-refractivity contribution in [2.75, 3.05) is 23.3 Å². The number of aromatic nitrogens is 2. The first-order valence-electron chi connectivity index (χ1n) is 6.69. The molecule has 0 fully saturated rings. The first-order valence-corrected chi connectivity index (χ1v) is 6.69. The molecule has 2 heterocycles. The molecule has 1 aliphatic rings. The van der Waals surface area contributed by atoms with Gasteiger partial charge in [0.1, 0.15) is 5.82 Å². The highest BCUT2D eigenvalue weighted by atomic mass is 15.2. The molecular formula is C15H18N4. The van der Waals surface area contributed by atoms with Crippen molar-refractivity contribution in [2.45, 2.75) is 19.4 Å².